The molecule has 2 atom stereocenters. The van der Waals surface area contributed by atoms with Crippen molar-refractivity contribution in [3.63, 3.8) is 0 Å². The summed E-state index contributed by atoms with van der Waals surface area (Å²) in [5, 5.41) is 0. The van der Waals surface area contributed by atoms with Crippen molar-refractivity contribution in [1.82, 2.24) is 0 Å². The molecule has 1 aliphatic heterocycles. The van der Waals surface area contributed by atoms with Crippen LogP contribution in [0.1, 0.15) is 52.9 Å². The van der Waals surface area contributed by atoms with Crippen LogP contribution >= 0.6 is 0 Å². The molecule has 0 N–H and O–H groups in total. The molecular formula is C13H24O3. The first kappa shape index (κ1) is 13.7. The van der Waals surface area contributed by atoms with E-state index in [1.54, 1.807) is 0 Å². The maximum atomic E-state index is 11.1. The minimum absolute atomic E-state index is 0.297. The van der Waals surface area contributed by atoms with E-state index in [-0.39, 0.29) is 0 Å². The third-order valence-electron chi connectivity index (χ3n) is 3.00. The average molecular weight is 228 g/mol. The number of carbonyl (C=O) groups is 1. The molecule has 94 valence electrons. The summed E-state index contributed by atoms with van der Waals surface area (Å²) in [4.78, 5) is 11.1. The molecule has 1 aliphatic rings. The molecule has 0 spiro atoms. The summed E-state index contributed by atoms with van der Waals surface area (Å²) in [5.41, 5.74) is 0. The lowest BCUT2D eigenvalue weighted by molar-refractivity contribution is -0.120. The van der Waals surface area contributed by atoms with Crippen LogP contribution in [0.15, 0.2) is 0 Å². The molecule has 0 bridgehead atoms. The smallest absolute Gasteiger partial charge is 0.132 e. The van der Waals surface area contributed by atoms with Crippen molar-refractivity contribution in [1.29, 1.82) is 0 Å². The van der Waals surface area contributed by atoms with Crippen LogP contribution in [0.25, 0.3) is 0 Å². The lowest BCUT2D eigenvalue weighted by Gasteiger charge is -2.31. The highest BCUT2D eigenvalue weighted by Crippen LogP contribution is 2.21. The van der Waals surface area contributed by atoms with Gasteiger partial charge in [-0.1, -0.05) is 6.92 Å². The SMILES string of the molecule is CCC(=O)CCCOC1CC(C)OC(C)C1. The Bertz CT molecular complexity index is 205. The van der Waals surface area contributed by atoms with Crippen LogP contribution in [-0.2, 0) is 14.3 Å². The first-order chi connectivity index (χ1) is 7.61. The number of Topliss-reactive ketones (excluding diaryl/α,β-unsaturated/α-hetero) is 1. The van der Waals surface area contributed by atoms with E-state index >= 15 is 0 Å². The number of ether oxygens (including phenoxy) is 2. The molecule has 0 aromatic rings. The third kappa shape index (κ3) is 5.08. The molecule has 0 aliphatic carbocycles. The molecular weight excluding hydrogens is 204 g/mol. The van der Waals surface area contributed by atoms with E-state index in [1.807, 2.05) is 6.92 Å². The molecule has 1 fully saturated rings. The summed E-state index contributed by atoms with van der Waals surface area (Å²) in [6.07, 6.45) is 5.02. The highest BCUT2D eigenvalue weighted by Gasteiger charge is 2.24. The van der Waals surface area contributed by atoms with Gasteiger partial charge in [0.1, 0.15) is 5.78 Å². The number of carbonyl (C=O) groups excluding carboxylic acids is 1. The van der Waals surface area contributed by atoms with Crippen LogP contribution < -0.4 is 0 Å². The van der Waals surface area contributed by atoms with Crippen molar-refractivity contribution >= 4 is 5.78 Å². The number of ketones is 1. The van der Waals surface area contributed by atoms with Gasteiger partial charge in [0.05, 0.1) is 18.3 Å². The van der Waals surface area contributed by atoms with Crippen molar-refractivity contribution in [3.8, 4) is 0 Å². The fourth-order valence-electron chi connectivity index (χ4n) is 2.18. The Kier molecular flexibility index (Phi) is 5.99. The van der Waals surface area contributed by atoms with Gasteiger partial charge in [-0.3, -0.25) is 4.79 Å². The highest BCUT2D eigenvalue weighted by atomic mass is 16.5. The van der Waals surface area contributed by atoms with Gasteiger partial charge in [0.2, 0.25) is 0 Å². The van der Waals surface area contributed by atoms with Crippen LogP contribution in [0.5, 0.6) is 0 Å². The van der Waals surface area contributed by atoms with Gasteiger partial charge < -0.3 is 9.47 Å². The maximum absolute atomic E-state index is 11.1. The lowest BCUT2D eigenvalue weighted by Crippen LogP contribution is -2.34. The van der Waals surface area contributed by atoms with E-state index in [1.165, 1.54) is 0 Å². The Morgan fingerprint density at radius 1 is 1.31 bits per heavy atom. The highest BCUT2D eigenvalue weighted by molar-refractivity contribution is 5.77. The zero-order valence-electron chi connectivity index (χ0n) is 10.7. The summed E-state index contributed by atoms with van der Waals surface area (Å²) < 4.78 is 11.4. The van der Waals surface area contributed by atoms with Gasteiger partial charge in [-0.05, 0) is 33.1 Å². The first-order valence-electron chi connectivity index (χ1n) is 6.40. The van der Waals surface area contributed by atoms with E-state index in [9.17, 15) is 4.79 Å². The number of hydrogen-bond donors (Lipinski definition) is 0. The van der Waals surface area contributed by atoms with Crippen molar-refractivity contribution in [2.45, 2.75) is 71.2 Å². The Balaban J connectivity index is 2.10. The van der Waals surface area contributed by atoms with Gasteiger partial charge in [-0.25, -0.2) is 0 Å². The molecule has 0 amide bonds. The maximum Gasteiger partial charge on any atom is 0.132 e. The van der Waals surface area contributed by atoms with Crippen LogP contribution in [-0.4, -0.2) is 30.7 Å². The van der Waals surface area contributed by atoms with Gasteiger partial charge in [0.15, 0.2) is 0 Å². The van der Waals surface area contributed by atoms with Crippen LogP contribution in [0.3, 0.4) is 0 Å². The van der Waals surface area contributed by atoms with Crippen molar-refractivity contribution in [3.05, 3.63) is 0 Å². The Morgan fingerprint density at radius 3 is 2.50 bits per heavy atom. The summed E-state index contributed by atoms with van der Waals surface area (Å²) in [5.74, 6) is 0.331. The van der Waals surface area contributed by atoms with Gasteiger partial charge in [-0.15, -0.1) is 0 Å². The average Bonchev–Trinajstić information content (AvgIpc) is 2.22. The molecule has 0 radical (unpaired) electrons. The van der Waals surface area contributed by atoms with Crippen LogP contribution in [0.2, 0.25) is 0 Å². The molecule has 1 rings (SSSR count). The fraction of sp³-hybridized carbons (Fsp3) is 0.923. The summed E-state index contributed by atoms with van der Waals surface area (Å²) in [7, 11) is 0. The molecule has 3 heteroatoms. The van der Waals surface area contributed by atoms with Crippen molar-refractivity contribution < 1.29 is 14.3 Å². The van der Waals surface area contributed by atoms with E-state index in [0.29, 0.717) is 43.5 Å². The van der Waals surface area contributed by atoms with E-state index < -0.39 is 0 Å². The minimum Gasteiger partial charge on any atom is -0.378 e. The predicted molar refractivity (Wildman–Crippen MR) is 63.5 cm³/mol. The zero-order valence-corrected chi connectivity index (χ0v) is 10.7. The van der Waals surface area contributed by atoms with Crippen LogP contribution in [0.4, 0.5) is 0 Å². The summed E-state index contributed by atoms with van der Waals surface area (Å²) >= 11 is 0. The molecule has 2 unspecified atom stereocenters. The molecule has 1 heterocycles. The Labute approximate surface area is 98.5 Å². The lowest BCUT2D eigenvalue weighted by atomic mass is 10.0. The minimum atomic E-state index is 0.297. The monoisotopic (exact) mass is 228 g/mol. The predicted octanol–water partition coefficient (Wildman–Crippen LogP) is 2.72. The molecule has 0 saturated carbocycles. The van der Waals surface area contributed by atoms with E-state index in [4.69, 9.17) is 9.47 Å². The quantitative estimate of drug-likeness (QED) is 0.656. The molecule has 0 aromatic heterocycles. The largest absolute Gasteiger partial charge is 0.378 e. The normalized spacial score (nSPS) is 30.3. The standard InChI is InChI=1S/C13H24O3/c1-4-12(14)6-5-7-15-13-8-10(2)16-11(3)9-13/h10-11,13H,4-9H2,1-3H3. The van der Waals surface area contributed by atoms with Crippen molar-refractivity contribution in [2.75, 3.05) is 6.61 Å². The molecule has 16 heavy (non-hydrogen) atoms. The van der Waals surface area contributed by atoms with Gasteiger partial charge in [0.25, 0.3) is 0 Å². The van der Waals surface area contributed by atoms with Crippen molar-refractivity contribution in [2.24, 2.45) is 0 Å². The van der Waals surface area contributed by atoms with Gasteiger partial charge in [-0.2, -0.15) is 0 Å². The summed E-state index contributed by atoms with van der Waals surface area (Å²) in [6, 6.07) is 0. The molecule has 1 saturated heterocycles. The van der Waals surface area contributed by atoms with E-state index in [2.05, 4.69) is 13.8 Å². The fourth-order valence-corrected chi connectivity index (χ4v) is 2.18. The number of hydrogen-bond acceptors (Lipinski definition) is 3. The Hall–Kier alpha value is -0.410. The topological polar surface area (TPSA) is 35.5 Å². The molecule has 3 nitrogen and oxygen atoms in total. The van der Waals surface area contributed by atoms with Gasteiger partial charge in [0, 0.05) is 19.4 Å². The first-order valence-corrected chi connectivity index (χ1v) is 6.40. The second-order valence-electron chi connectivity index (χ2n) is 4.72. The molecule has 0 aromatic carbocycles. The summed E-state index contributed by atoms with van der Waals surface area (Å²) in [6.45, 7) is 6.79. The van der Waals surface area contributed by atoms with Crippen LogP contribution in [0, 0.1) is 0 Å². The van der Waals surface area contributed by atoms with E-state index in [0.717, 1.165) is 19.3 Å². The van der Waals surface area contributed by atoms with Gasteiger partial charge >= 0.3 is 0 Å². The second kappa shape index (κ2) is 7.02. The zero-order chi connectivity index (χ0) is 12.0. The Morgan fingerprint density at radius 2 is 1.94 bits per heavy atom. The third-order valence-corrected chi connectivity index (χ3v) is 3.00. The second-order valence-corrected chi connectivity index (χ2v) is 4.72. The number of rotatable bonds is 6.